The molecular formula is C19H31N5O. The molecule has 3 saturated heterocycles. The van der Waals surface area contributed by atoms with Gasteiger partial charge in [0, 0.05) is 51.5 Å². The number of rotatable bonds is 5. The maximum absolute atomic E-state index is 5.50. The lowest BCUT2D eigenvalue weighted by Crippen LogP contribution is -2.49. The summed E-state index contributed by atoms with van der Waals surface area (Å²) in [5.74, 6) is 0.928. The van der Waals surface area contributed by atoms with Crippen LogP contribution in [0.4, 0.5) is 5.95 Å². The van der Waals surface area contributed by atoms with Crippen LogP contribution in [-0.2, 0) is 11.3 Å². The minimum atomic E-state index is 0.650. The van der Waals surface area contributed by atoms with Gasteiger partial charge in [0.15, 0.2) is 0 Å². The van der Waals surface area contributed by atoms with Crippen LogP contribution in [0.2, 0.25) is 0 Å². The molecule has 0 aromatic carbocycles. The summed E-state index contributed by atoms with van der Waals surface area (Å²) in [7, 11) is 0. The van der Waals surface area contributed by atoms with E-state index in [1.807, 2.05) is 6.20 Å². The monoisotopic (exact) mass is 345 g/mol. The highest BCUT2D eigenvalue weighted by Gasteiger charge is 2.26. The van der Waals surface area contributed by atoms with Crippen LogP contribution in [-0.4, -0.2) is 78.3 Å². The molecule has 1 aromatic heterocycles. The smallest absolute Gasteiger partial charge is 0.225 e. The van der Waals surface area contributed by atoms with Crippen LogP contribution >= 0.6 is 0 Å². The van der Waals surface area contributed by atoms with E-state index < -0.39 is 0 Å². The summed E-state index contributed by atoms with van der Waals surface area (Å²) in [6, 6.07) is 2.75. The average Bonchev–Trinajstić information content (AvgIpc) is 3.19. The second-order valence-electron chi connectivity index (χ2n) is 7.58. The summed E-state index contributed by atoms with van der Waals surface area (Å²) in [5.41, 5.74) is 1.17. The summed E-state index contributed by atoms with van der Waals surface area (Å²) < 4.78 is 5.50. The van der Waals surface area contributed by atoms with Crippen molar-refractivity contribution in [2.45, 2.75) is 44.7 Å². The maximum atomic E-state index is 5.50. The van der Waals surface area contributed by atoms with Crippen LogP contribution in [0, 0.1) is 0 Å². The molecule has 0 N–H and O–H groups in total. The predicted molar refractivity (Wildman–Crippen MR) is 98.8 cm³/mol. The molecule has 3 aliphatic heterocycles. The van der Waals surface area contributed by atoms with E-state index in [2.05, 4.69) is 25.8 Å². The molecule has 0 bridgehead atoms. The Bertz CT molecular complexity index is 542. The number of aromatic nitrogens is 2. The van der Waals surface area contributed by atoms with E-state index >= 15 is 0 Å². The second-order valence-corrected chi connectivity index (χ2v) is 7.58. The number of ether oxygens (including phenoxy) is 1. The zero-order chi connectivity index (χ0) is 16.9. The van der Waals surface area contributed by atoms with Crippen molar-refractivity contribution < 1.29 is 4.74 Å². The van der Waals surface area contributed by atoms with Crippen molar-refractivity contribution >= 4 is 5.95 Å². The van der Waals surface area contributed by atoms with E-state index in [1.165, 1.54) is 50.9 Å². The third-order valence-corrected chi connectivity index (χ3v) is 5.78. The molecule has 6 nitrogen and oxygen atoms in total. The van der Waals surface area contributed by atoms with Crippen molar-refractivity contribution in [2.24, 2.45) is 0 Å². The van der Waals surface area contributed by atoms with Crippen LogP contribution < -0.4 is 4.90 Å². The Morgan fingerprint density at radius 1 is 1.00 bits per heavy atom. The molecule has 6 heteroatoms. The van der Waals surface area contributed by atoms with Crippen LogP contribution in [0.1, 0.15) is 37.8 Å². The summed E-state index contributed by atoms with van der Waals surface area (Å²) >= 11 is 0. The fourth-order valence-electron chi connectivity index (χ4n) is 4.31. The molecule has 4 heterocycles. The number of likely N-dealkylation sites (tertiary alicyclic amines) is 1. The Hall–Kier alpha value is -1.24. The number of piperidine rings is 1. The summed E-state index contributed by atoms with van der Waals surface area (Å²) in [5, 5.41) is 0. The van der Waals surface area contributed by atoms with Gasteiger partial charge >= 0.3 is 0 Å². The standard InChI is InChI=1S/C19H31N5O/c1-2-10-24(18(5-1)16-22-11-13-25-14-12-22)15-17-6-7-20-19(21-17)23-8-3-4-9-23/h6-7,18H,1-5,8-16H2. The molecule has 0 amide bonds. The quantitative estimate of drug-likeness (QED) is 0.810. The average molecular weight is 345 g/mol. The first-order chi connectivity index (χ1) is 12.4. The SMILES string of the molecule is c1cc(CN2CCCCC2CN2CCOCC2)nc(N2CCCC2)n1. The van der Waals surface area contributed by atoms with Crippen LogP contribution in [0.15, 0.2) is 12.3 Å². The van der Waals surface area contributed by atoms with E-state index in [1.54, 1.807) is 0 Å². The van der Waals surface area contributed by atoms with E-state index in [9.17, 15) is 0 Å². The van der Waals surface area contributed by atoms with Crippen molar-refractivity contribution in [3.8, 4) is 0 Å². The number of hydrogen-bond donors (Lipinski definition) is 0. The largest absolute Gasteiger partial charge is 0.379 e. The highest BCUT2D eigenvalue weighted by molar-refractivity contribution is 5.31. The maximum Gasteiger partial charge on any atom is 0.225 e. The number of anilines is 1. The Morgan fingerprint density at radius 3 is 2.64 bits per heavy atom. The minimum absolute atomic E-state index is 0.650. The highest BCUT2D eigenvalue weighted by atomic mass is 16.5. The van der Waals surface area contributed by atoms with E-state index in [-0.39, 0.29) is 0 Å². The molecular weight excluding hydrogens is 314 g/mol. The molecule has 3 aliphatic rings. The Labute approximate surface area is 151 Å². The van der Waals surface area contributed by atoms with Gasteiger partial charge in [-0.1, -0.05) is 6.42 Å². The van der Waals surface area contributed by atoms with Crippen molar-refractivity contribution in [3.63, 3.8) is 0 Å². The Balaban J connectivity index is 1.39. The number of hydrogen-bond acceptors (Lipinski definition) is 6. The molecule has 25 heavy (non-hydrogen) atoms. The van der Waals surface area contributed by atoms with Crippen molar-refractivity contribution in [1.82, 2.24) is 19.8 Å². The summed E-state index contributed by atoms with van der Waals surface area (Å²) in [6.07, 6.45) is 8.44. The first-order valence-corrected chi connectivity index (χ1v) is 9.99. The lowest BCUT2D eigenvalue weighted by atomic mass is 10.0. The Kier molecular flexibility index (Phi) is 5.79. The molecule has 1 atom stereocenters. The normalized spacial score (nSPS) is 26.2. The van der Waals surface area contributed by atoms with Gasteiger partial charge in [-0.05, 0) is 38.3 Å². The first-order valence-electron chi connectivity index (χ1n) is 9.99. The molecule has 138 valence electrons. The van der Waals surface area contributed by atoms with E-state index in [0.29, 0.717) is 6.04 Å². The van der Waals surface area contributed by atoms with Crippen LogP contribution in [0.25, 0.3) is 0 Å². The van der Waals surface area contributed by atoms with Gasteiger partial charge in [-0.2, -0.15) is 0 Å². The number of nitrogens with zero attached hydrogens (tertiary/aromatic N) is 5. The van der Waals surface area contributed by atoms with Gasteiger partial charge in [0.1, 0.15) is 0 Å². The van der Waals surface area contributed by atoms with Gasteiger partial charge in [-0.25, -0.2) is 9.97 Å². The lowest BCUT2D eigenvalue weighted by molar-refractivity contribution is 0.0151. The predicted octanol–water partition coefficient (Wildman–Crippen LogP) is 1.76. The van der Waals surface area contributed by atoms with Crippen molar-refractivity contribution in [2.75, 3.05) is 57.4 Å². The fourth-order valence-corrected chi connectivity index (χ4v) is 4.31. The molecule has 0 spiro atoms. The van der Waals surface area contributed by atoms with E-state index in [0.717, 1.165) is 51.9 Å². The summed E-state index contributed by atoms with van der Waals surface area (Å²) in [6.45, 7) is 9.47. The van der Waals surface area contributed by atoms with Gasteiger partial charge in [-0.15, -0.1) is 0 Å². The first kappa shape index (κ1) is 17.2. The van der Waals surface area contributed by atoms with Gasteiger partial charge in [0.05, 0.1) is 18.9 Å². The van der Waals surface area contributed by atoms with Gasteiger partial charge in [0.25, 0.3) is 0 Å². The molecule has 0 aliphatic carbocycles. The molecule has 0 saturated carbocycles. The highest BCUT2D eigenvalue weighted by Crippen LogP contribution is 2.22. The molecule has 4 rings (SSSR count). The van der Waals surface area contributed by atoms with Crippen LogP contribution in [0.5, 0.6) is 0 Å². The topological polar surface area (TPSA) is 44.7 Å². The number of morpholine rings is 1. The fraction of sp³-hybridized carbons (Fsp3) is 0.789. The zero-order valence-electron chi connectivity index (χ0n) is 15.3. The minimum Gasteiger partial charge on any atom is -0.379 e. The van der Waals surface area contributed by atoms with Crippen molar-refractivity contribution in [3.05, 3.63) is 18.0 Å². The van der Waals surface area contributed by atoms with E-state index in [4.69, 9.17) is 9.72 Å². The molecule has 0 radical (unpaired) electrons. The summed E-state index contributed by atoms with van der Waals surface area (Å²) in [4.78, 5) is 16.9. The Morgan fingerprint density at radius 2 is 1.80 bits per heavy atom. The lowest BCUT2D eigenvalue weighted by Gasteiger charge is -2.39. The van der Waals surface area contributed by atoms with Gasteiger partial charge < -0.3 is 9.64 Å². The molecule has 1 aromatic rings. The zero-order valence-corrected chi connectivity index (χ0v) is 15.3. The second kappa shape index (κ2) is 8.43. The molecule has 1 unspecified atom stereocenters. The molecule has 3 fully saturated rings. The van der Waals surface area contributed by atoms with Crippen LogP contribution in [0.3, 0.4) is 0 Å². The third-order valence-electron chi connectivity index (χ3n) is 5.78. The van der Waals surface area contributed by atoms with Gasteiger partial charge in [0.2, 0.25) is 5.95 Å². The third kappa shape index (κ3) is 4.49. The van der Waals surface area contributed by atoms with Gasteiger partial charge in [-0.3, -0.25) is 9.80 Å². The van der Waals surface area contributed by atoms with Crippen molar-refractivity contribution in [1.29, 1.82) is 0 Å².